The third kappa shape index (κ3) is 3.35. The van der Waals surface area contributed by atoms with Crippen LogP contribution in [-0.2, 0) is 0 Å². The van der Waals surface area contributed by atoms with E-state index in [0.29, 0.717) is 11.6 Å². The number of benzene rings is 1. The van der Waals surface area contributed by atoms with Crippen LogP contribution in [0.2, 0.25) is 0 Å². The first-order chi connectivity index (χ1) is 10.1. The van der Waals surface area contributed by atoms with Crippen molar-refractivity contribution >= 4 is 12.0 Å². The standard InChI is InChI=1S/C16H20N2O3/c19-15(17-12-6-1-2-7-12)11-5-3-4-10(8-11)13-9-14(13)18-16(20)21/h3-5,8,12-14,18H,1-2,6-7,9H2,(H,17,19)(H,20,21). The topological polar surface area (TPSA) is 78.4 Å². The number of carboxylic acid groups (broad SMARTS) is 1. The first kappa shape index (κ1) is 13.9. The van der Waals surface area contributed by atoms with Crippen molar-refractivity contribution in [2.75, 3.05) is 0 Å². The Morgan fingerprint density at radius 2 is 1.90 bits per heavy atom. The van der Waals surface area contributed by atoms with Gasteiger partial charge in [-0.1, -0.05) is 25.0 Å². The van der Waals surface area contributed by atoms with Gasteiger partial charge < -0.3 is 15.7 Å². The lowest BCUT2D eigenvalue weighted by molar-refractivity contribution is 0.0937. The van der Waals surface area contributed by atoms with Gasteiger partial charge >= 0.3 is 6.09 Å². The van der Waals surface area contributed by atoms with Crippen LogP contribution in [0.15, 0.2) is 24.3 Å². The van der Waals surface area contributed by atoms with E-state index >= 15 is 0 Å². The summed E-state index contributed by atoms with van der Waals surface area (Å²) in [6, 6.07) is 7.82. The Balaban J connectivity index is 1.63. The summed E-state index contributed by atoms with van der Waals surface area (Å²) >= 11 is 0. The zero-order valence-electron chi connectivity index (χ0n) is 11.8. The summed E-state index contributed by atoms with van der Waals surface area (Å²) in [5.74, 6) is 0.174. The van der Waals surface area contributed by atoms with Crippen molar-refractivity contribution in [2.45, 2.75) is 50.1 Å². The van der Waals surface area contributed by atoms with Crippen LogP contribution in [0, 0.1) is 0 Å². The van der Waals surface area contributed by atoms with E-state index in [0.717, 1.165) is 24.8 Å². The average Bonchev–Trinajstić information content (AvgIpc) is 3.02. The molecule has 5 nitrogen and oxygen atoms in total. The molecule has 0 bridgehead atoms. The van der Waals surface area contributed by atoms with Crippen LogP contribution in [0.1, 0.15) is 53.9 Å². The minimum Gasteiger partial charge on any atom is -0.465 e. The summed E-state index contributed by atoms with van der Waals surface area (Å²) in [6.45, 7) is 0. The monoisotopic (exact) mass is 288 g/mol. The van der Waals surface area contributed by atoms with E-state index in [1.807, 2.05) is 24.3 Å². The Kier molecular flexibility index (Phi) is 3.82. The molecule has 2 aliphatic rings. The zero-order valence-corrected chi connectivity index (χ0v) is 11.8. The number of nitrogens with one attached hydrogen (secondary N) is 2. The number of hydrogen-bond acceptors (Lipinski definition) is 2. The fourth-order valence-electron chi connectivity index (χ4n) is 3.13. The minimum absolute atomic E-state index is 0.0179. The lowest BCUT2D eigenvalue weighted by Gasteiger charge is -2.12. The molecule has 0 spiro atoms. The molecule has 0 saturated heterocycles. The third-order valence-electron chi connectivity index (χ3n) is 4.37. The third-order valence-corrected chi connectivity index (χ3v) is 4.37. The van der Waals surface area contributed by atoms with Crippen LogP contribution in [-0.4, -0.2) is 29.2 Å². The van der Waals surface area contributed by atoms with Crippen LogP contribution < -0.4 is 10.6 Å². The van der Waals surface area contributed by atoms with Gasteiger partial charge in [0, 0.05) is 23.6 Å². The Hall–Kier alpha value is -2.04. The minimum atomic E-state index is -0.988. The predicted octanol–water partition coefficient (Wildman–Crippen LogP) is 2.48. The summed E-state index contributed by atoms with van der Waals surface area (Å²) in [5, 5.41) is 14.3. The second-order valence-corrected chi connectivity index (χ2v) is 5.98. The fraction of sp³-hybridized carbons (Fsp3) is 0.500. The molecule has 1 aromatic rings. The molecular weight excluding hydrogens is 268 g/mol. The molecule has 0 radical (unpaired) electrons. The molecule has 1 aromatic carbocycles. The molecule has 0 aliphatic heterocycles. The van der Waals surface area contributed by atoms with Gasteiger partial charge in [0.25, 0.3) is 5.91 Å². The molecular formula is C16H20N2O3. The number of hydrogen-bond donors (Lipinski definition) is 3. The van der Waals surface area contributed by atoms with Gasteiger partial charge in [0.1, 0.15) is 0 Å². The van der Waals surface area contributed by atoms with Crippen molar-refractivity contribution in [2.24, 2.45) is 0 Å². The summed E-state index contributed by atoms with van der Waals surface area (Å²) in [6.07, 6.45) is 4.33. The Morgan fingerprint density at radius 3 is 2.62 bits per heavy atom. The zero-order chi connectivity index (χ0) is 14.8. The number of amides is 2. The van der Waals surface area contributed by atoms with E-state index in [1.165, 1.54) is 12.8 Å². The molecule has 2 aliphatic carbocycles. The average molecular weight is 288 g/mol. The predicted molar refractivity (Wildman–Crippen MR) is 78.5 cm³/mol. The normalized spacial score (nSPS) is 24.6. The smallest absolute Gasteiger partial charge is 0.404 e. The van der Waals surface area contributed by atoms with Gasteiger partial charge in [0.15, 0.2) is 0 Å². The van der Waals surface area contributed by atoms with Gasteiger partial charge in [-0.05, 0) is 37.0 Å². The summed E-state index contributed by atoms with van der Waals surface area (Å²) in [4.78, 5) is 22.9. The first-order valence-corrected chi connectivity index (χ1v) is 7.54. The molecule has 0 aromatic heterocycles. The lowest BCUT2D eigenvalue weighted by atomic mass is 10.1. The van der Waals surface area contributed by atoms with E-state index < -0.39 is 6.09 Å². The van der Waals surface area contributed by atoms with Gasteiger partial charge in [-0.15, -0.1) is 0 Å². The van der Waals surface area contributed by atoms with Crippen molar-refractivity contribution in [1.29, 1.82) is 0 Å². The maximum Gasteiger partial charge on any atom is 0.404 e. The number of carbonyl (C=O) groups excluding carboxylic acids is 1. The highest BCUT2D eigenvalue weighted by Gasteiger charge is 2.39. The SMILES string of the molecule is O=C(O)NC1CC1c1cccc(C(=O)NC2CCCC2)c1. The first-order valence-electron chi connectivity index (χ1n) is 7.54. The van der Waals surface area contributed by atoms with Crippen molar-refractivity contribution in [1.82, 2.24) is 10.6 Å². The van der Waals surface area contributed by atoms with Crippen molar-refractivity contribution in [3.05, 3.63) is 35.4 Å². The Labute approximate surface area is 123 Å². The van der Waals surface area contributed by atoms with Crippen LogP contribution in [0.3, 0.4) is 0 Å². The van der Waals surface area contributed by atoms with Gasteiger partial charge in [-0.2, -0.15) is 0 Å². The molecule has 3 N–H and O–H groups in total. The maximum atomic E-state index is 12.2. The second-order valence-electron chi connectivity index (χ2n) is 5.98. The van der Waals surface area contributed by atoms with E-state index in [-0.39, 0.29) is 17.9 Å². The highest BCUT2D eigenvalue weighted by atomic mass is 16.4. The summed E-state index contributed by atoms with van der Waals surface area (Å²) < 4.78 is 0. The highest BCUT2D eigenvalue weighted by molar-refractivity contribution is 5.94. The molecule has 2 amide bonds. The fourth-order valence-corrected chi connectivity index (χ4v) is 3.13. The lowest BCUT2D eigenvalue weighted by Crippen LogP contribution is -2.32. The second kappa shape index (κ2) is 5.76. The molecule has 2 atom stereocenters. The maximum absolute atomic E-state index is 12.2. The van der Waals surface area contributed by atoms with Gasteiger partial charge in [-0.3, -0.25) is 4.79 Å². The highest BCUT2D eigenvalue weighted by Crippen LogP contribution is 2.40. The van der Waals surface area contributed by atoms with Crippen molar-refractivity contribution in [3.63, 3.8) is 0 Å². The van der Waals surface area contributed by atoms with Gasteiger partial charge in [0.05, 0.1) is 0 Å². The van der Waals surface area contributed by atoms with Crippen molar-refractivity contribution < 1.29 is 14.7 Å². The summed E-state index contributed by atoms with van der Waals surface area (Å²) in [5.41, 5.74) is 1.70. The van der Waals surface area contributed by atoms with Crippen LogP contribution in [0.25, 0.3) is 0 Å². The quantitative estimate of drug-likeness (QED) is 0.796. The van der Waals surface area contributed by atoms with Gasteiger partial charge in [0.2, 0.25) is 0 Å². The molecule has 0 heterocycles. The van der Waals surface area contributed by atoms with Crippen LogP contribution in [0.5, 0.6) is 0 Å². The summed E-state index contributed by atoms with van der Waals surface area (Å²) in [7, 11) is 0. The molecule has 2 unspecified atom stereocenters. The van der Waals surface area contributed by atoms with E-state index in [4.69, 9.17) is 5.11 Å². The van der Waals surface area contributed by atoms with Gasteiger partial charge in [-0.25, -0.2) is 4.79 Å². The molecule has 2 fully saturated rings. The molecule has 21 heavy (non-hydrogen) atoms. The molecule has 3 rings (SSSR count). The Bertz CT molecular complexity index is 552. The number of rotatable bonds is 4. The largest absolute Gasteiger partial charge is 0.465 e. The Morgan fingerprint density at radius 1 is 1.14 bits per heavy atom. The van der Waals surface area contributed by atoms with E-state index in [2.05, 4.69) is 10.6 Å². The van der Waals surface area contributed by atoms with Crippen LogP contribution >= 0.6 is 0 Å². The molecule has 2 saturated carbocycles. The molecule has 5 heteroatoms. The van der Waals surface area contributed by atoms with E-state index in [1.54, 1.807) is 0 Å². The van der Waals surface area contributed by atoms with Crippen LogP contribution in [0.4, 0.5) is 4.79 Å². The number of carbonyl (C=O) groups is 2. The van der Waals surface area contributed by atoms with Crippen molar-refractivity contribution in [3.8, 4) is 0 Å². The van der Waals surface area contributed by atoms with E-state index in [9.17, 15) is 9.59 Å². The molecule has 112 valence electrons.